The number of nitrogens with zero attached hydrogens (tertiary/aromatic N) is 4. The van der Waals surface area contributed by atoms with Gasteiger partial charge in [-0.15, -0.1) is 0 Å². The molecule has 0 amide bonds. The van der Waals surface area contributed by atoms with Gasteiger partial charge in [0.1, 0.15) is 5.65 Å². The lowest BCUT2D eigenvalue weighted by molar-refractivity contribution is 0.176. The molecule has 2 unspecified atom stereocenters. The molecule has 5 rings (SSSR count). The average molecular weight is 367 g/mol. The molecule has 5 heteroatoms. The molecule has 0 aliphatic carbocycles. The fraction of sp³-hybridized carbons (Fsp3) is 0.429. The summed E-state index contributed by atoms with van der Waals surface area (Å²) in [4.78, 5) is 11.7. The Morgan fingerprint density at radius 1 is 1.23 bits per heavy atom. The molecule has 0 radical (unpaired) electrons. The Balaban J connectivity index is 1.73. The van der Waals surface area contributed by atoms with Crippen LogP contribution in [0.4, 0.5) is 0 Å². The van der Waals surface area contributed by atoms with Gasteiger partial charge in [-0.25, -0.2) is 4.98 Å². The van der Waals surface area contributed by atoms with Crippen LogP contribution in [0.3, 0.4) is 0 Å². The first-order chi connectivity index (χ1) is 12.4. The summed E-state index contributed by atoms with van der Waals surface area (Å²) in [6.07, 6.45) is 4.97. The molecule has 0 bridgehead atoms. The standard InChI is InChI=1S/C21H23ClN4/c1-13-4-5-14(8-23-13)15-7-21(2)12-25(3)11-18-17-6-16(22)9-24-20(17)26(10-15)19(18)21/h4-6,8-9,15H,7,10-12H2,1-3H3. The molecule has 5 heterocycles. The van der Waals surface area contributed by atoms with Crippen LogP contribution in [0, 0.1) is 6.92 Å². The first-order valence-corrected chi connectivity index (χ1v) is 9.60. The van der Waals surface area contributed by atoms with Gasteiger partial charge in [-0.2, -0.15) is 0 Å². The Morgan fingerprint density at radius 2 is 2.08 bits per heavy atom. The summed E-state index contributed by atoms with van der Waals surface area (Å²) in [6.45, 7) is 7.45. The minimum absolute atomic E-state index is 0.114. The number of pyridine rings is 2. The van der Waals surface area contributed by atoms with Crippen LogP contribution in [-0.4, -0.2) is 33.0 Å². The first-order valence-electron chi connectivity index (χ1n) is 9.23. The molecule has 3 aromatic heterocycles. The number of halogens is 1. The van der Waals surface area contributed by atoms with E-state index in [1.54, 1.807) is 6.20 Å². The van der Waals surface area contributed by atoms with E-state index in [0.29, 0.717) is 10.9 Å². The van der Waals surface area contributed by atoms with E-state index < -0.39 is 0 Å². The molecule has 0 saturated carbocycles. The van der Waals surface area contributed by atoms with Crippen LogP contribution < -0.4 is 0 Å². The van der Waals surface area contributed by atoms with Crippen molar-refractivity contribution in [3.8, 4) is 0 Å². The molecule has 26 heavy (non-hydrogen) atoms. The number of aryl methyl sites for hydroxylation is 1. The van der Waals surface area contributed by atoms with Crippen LogP contribution in [0.1, 0.15) is 41.8 Å². The van der Waals surface area contributed by atoms with Gasteiger partial charge in [-0.05, 0) is 43.7 Å². The van der Waals surface area contributed by atoms with Crippen LogP contribution in [-0.2, 0) is 18.5 Å². The summed E-state index contributed by atoms with van der Waals surface area (Å²) in [6, 6.07) is 6.45. The highest BCUT2D eigenvalue weighted by molar-refractivity contribution is 6.31. The lowest BCUT2D eigenvalue weighted by atomic mass is 9.70. The Morgan fingerprint density at radius 3 is 2.85 bits per heavy atom. The number of likely N-dealkylation sites (N-methyl/N-ethyl adjacent to an activating group) is 1. The highest BCUT2D eigenvalue weighted by Gasteiger charge is 2.44. The van der Waals surface area contributed by atoms with Gasteiger partial charge in [0.25, 0.3) is 0 Å². The van der Waals surface area contributed by atoms with Gasteiger partial charge < -0.3 is 9.47 Å². The highest BCUT2D eigenvalue weighted by atomic mass is 35.5. The second-order valence-corrected chi connectivity index (χ2v) is 8.77. The summed E-state index contributed by atoms with van der Waals surface area (Å²) in [7, 11) is 2.21. The lowest BCUT2D eigenvalue weighted by Gasteiger charge is -2.45. The number of fused-ring (bicyclic) bond motifs is 3. The number of hydrogen-bond donors (Lipinski definition) is 0. The molecule has 4 nitrogen and oxygen atoms in total. The zero-order valence-corrected chi connectivity index (χ0v) is 16.2. The summed E-state index contributed by atoms with van der Waals surface area (Å²) in [5, 5.41) is 1.93. The second-order valence-electron chi connectivity index (χ2n) is 8.33. The fourth-order valence-corrected chi connectivity index (χ4v) is 5.38. The van der Waals surface area contributed by atoms with Gasteiger partial charge in [0.2, 0.25) is 0 Å². The normalized spacial score (nSPS) is 25.5. The molecule has 2 aliphatic heterocycles. The van der Waals surface area contributed by atoms with Crippen LogP contribution in [0.25, 0.3) is 11.0 Å². The number of rotatable bonds is 1. The molecular weight excluding hydrogens is 344 g/mol. The Bertz CT molecular complexity index is 1010. The van der Waals surface area contributed by atoms with E-state index in [0.717, 1.165) is 37.4 Å². The van der Waals surface area contributed by atoms with E-state index >= 15 is 0 Å². The highest BCUT2D eigenvalue weighted by Crippen LogP contribution is 2.48. The Labute approximate surface area is 158 Å². The van der Waals surface area contributed by atoms with Crippen molar-refractivity contribution in [2.75, 3.05) is 13.6 Å². The third-order valence-corrected chi connectivity index (χ3v) is 6.30. The van der Waals surface area contributed by atoms with E-state index in [-0.39, 0.29) is 5.41 Å². The van der Waals surface area contributed by atoms with Crippen LogP contribution in [0.5, 0.6) is 0 Å². The first kappa shape index (κ1) is 16.3. The van der Waals surface area contributed by atoms with E-state index in [4.69, 9.17) is 16.6 Å². The molecule has 0 N–H and O–H groups in total. The van der Waals surface area contributed by atoms with Crippen molar-refractivity contribution in [1.82, 2.24) is 19.4 Å². The fourth-order valence-electron chi connectivity index (χ4n) is 5.22. The Kier molecular flexibility index (Phi) is 3.47. The molecule has 2 atom stereocenters. The van der Waals surface area contributed by atoms with E-state index in [1.165, 1.54) is 22.2 Å². The smallest absolute Gasteiger partial charge is 0.140 e. The van der Waals surface area contributed by atoms with Gasteiger partial charge in [0.05, 0.1) is 5.02 Å². The van der Waals surface area contributed by atoms with Gasteiger partial charge in [0, 0.05) is 60.1 Å². The molecule has 2 aliphatic rings. The van der Waals surface area contributed by atoms with Crippen LogP contribution in [0.15, 0.2) is 30.6 Å². The van der Waals surface area contributed by atoms with Crippen molar-refractivity contribution in [3.05, 3.63) is 58.1 Å². The quantitative estimate of drug-likeness (QED) is 0.644. The third-order valence-electron chi connectivity index (χ3n) is 6.09. The number of aromatic nitrogens is 3. The predicted molar refractivity (Wildman–Crippen MR) is 105 cm³/mol. The van der Waals surface area contributed by atoms with Crippen molar-refractivity contribution in [2.24, 2.45) is 0 Å². The summed E-state index contributed by atoms with van der Waals surface area (Å²) >= 11 is 6.28. The molecule has 0 spiro atoms. The monoisotopic (exact) mass is 366 g/mol. The minimum atomic E-state index is 0.114. The van der Waals surface area contributed by atoms with Crippen LogP contribution >= 0.6 is 11.6 Å². The largest absolute Gasteiger partial charge is 0.328 e. The van der Waals surface area contributed by atoms with Gasteiger partial charge >= 0.3 is 0 Å². The van der Waals surface area contributed by atoms with Crippen molar-refractivity contribution < 1.29 is 0 Å². The van der Waals surface area contributed by atoms with Crippen molar-refractivity contribution in [1.29, 1.82) is 0 Å². The molecule has 0 saturated heterocycles. The maximum Gasteiger partial charge on any atom is 0.140 e. The van der Waals surface area contributed by atoms with E-state index in [9.17, 15) is 0 Å². The molecule has 134 valence electrons. The van der Waals surface area contributed by atoms with Crippen molar-refractivity contribution >= 4 is 22.6 Å². The maximum atomic E-state index is 6.28. The summed E-state index contributed by atoms with van der Waals surface area (Å²) < 4.78 is 2.46. The maximum absolute atomic E-state index is 6.28. The second kappa shape index (κ2) is 5.54. The zero-order valence-electron chi connectivity index (χ0n) is 15.5. The molecular formula is C21H23ClN4. The average Bonchev–Trinajstić information content (AvgIpc) is 2.89. The minimum Gasteiger partial charge on any atom is -0.328 e. The SMILES string of the molecule is Cc1ccc(C2Cn3c4c(c5cc(Cl)cnc53)CN(C)CC4(C)C2)cn1. The molecule has 0 fully saturated rings. The Hall–Kier alpha value is -1.91. The predicted octanol–water partition coefficient (Wildman–Crippen LogP) is 4.28. The van der Waals surface area contributed by atoms with Gasteiger partial charge in [-0.3, -0.25) is 4.98 Å². The topological polar surface area (TPSA) is 34.0 Å². The van der Waals surface area contributed by atoms with Crippen LogP contribution in [0.2, 0.25) is 5.02 Å². The zero-order chi connectivity index (χ0) is 18.1. The number of hydrogen-bond acceptors (Lipinski definition) is 3. The lowest BCUT2D eigenvalue weighted by Crippen LogP contribution is -2.47. The van der Waals surface area contributed by atoms with E-state index in [1.807, 2.05) is 6.92 Å². The van der Waals surface area contributed by atoms with Gasteiger partial charge in [-0.1, -0.05) is 24.6 Å². The summed E-state index contributed by atoms with van der Waals surface area (Å²) in [5.41, 5.74) is 6.46. The molecule has 3 aromatic rings. The van der Waals surface area contributed by atoms with E-state index in [2.05, 4.69) is 52.8 Å². The third kappa shape index (κ3) is 2.32. The molecule has 0 aromatic carbocycles. The van der Waals surface area contributed by atoms with Gasteiger partial charge in [0.15, 0.2) is 0 Å². The van der Waals surface area contributed by atoms with Crippen molar-refractivity contribution in [2.45, 2.75) is 44.7 Å². The summed E-state index contributed by atoms with van der Waals surface area (Å²) in [5.74, 6) is 0.452. The van der Waals surface area contributed by atoms with Crippen molar-refractivity contribution in [3.63, 3.8) is 0 Å².